The molecule has 5 heteroatoms. The van der Waals surface area contributed by atoms with Gasteiger partial charge < -0.3 is 0 Å². The van der Waals surface area contributed by atoms with E-state index in [1.165, 1.54) is 0 Å². The summed E-state index contributed by atoms with van der Waals surface area (Å²) in [7, 11) is 0. The molecule has 0 aliphatic heterocycles. The van der Waals surface area contributed by atoms with Gasteiger partial charge in [0, 0.05) is 32.7 Å². The van der Waals surface area contributed by atoms with Crippen LogP contribution in [0.1, 0.15) is 0 Å². The van der Waals surface area contributed by atoms with Crippen LogP contribution < -0.4 is 0 Å². The van der Waals surface area contributed by atoms with Crippen molar-refractivity contribution in [2.45, 2.75) is 0 Å². The molecule has 0 aliphatic rings. The van der Waals surface area contributed by atoms with Crippen molar-refractivity contribution in [3.8, 4) is 0 Å². The maximum Gasteiger partial charge on any atom is 0.299 e. The zero-order valence-corrected chi connectivity index (χ0v) is 5.94. The molecule has 5 heavy (non-hydrogen) atoms. The first-order chi connectivity index (χ1) is 1.73. The molecule has 3 nitrogen and oxygen atoms in total. The quantitative estimate of drug-likeness (QED) is 0.491. The molecule has 0 heterocycles. The summed E-state index contributed by atoms with van der Waals surface area (Å²) in [5, 5.41) is 0. The summed E-state index contributed by atoms with van der Waals surface area (Å²) in [4.78, 5) is 0. The van der Waals surface area contributed by atoms with E-state index in [1.54, 1.807) is 0 Å². The number of rotatable bonds is 0. The summed E-state index contributed by atoms with van der Waals surface area (Å²) in [5.41, 5.74) is 0. The molecule has 0 rings (SSSR count). The first-order valence-electron chi connectivity index (χ1n) is 0.532. The second-order valence-corrected chi connectivity index (χ2v) is 0.692. The van der Waals surface area contributed by atoms with Crippen LogP contribution in [-0.2, 0) is 44.1 Å². The van der Waals surface area contributed by atoms with E-state index in [1.807, 2.05) is 0 Å². The van der Waals surface area contributed by atoms with Crippen molar-refractivity contribution < 1.29 is 46.0 Å². The fourth-order valence-electron chi connectivity index (χ4n) is 0. The van der Waals surface area contributed by atoms with E-state index in [0.717, 1.165) is 0 Å². The van der Waals surface area contributed by atoms with E-state index >= 15 is 0 Å². The van der Waals surface area contributed by atoms with Crippen molar-refractivity contribution in [2.24, 2.45) is 0 Å². The molecule has 29 valence electrons. The van der Waals surface area contributed by atoms with E-state index < -0.39 is 11.4 Å². The van der Waals surface area contributed by atoms with Crippen LogP contribution in [0.5, 0.6) is 0 Å². The zero-order valence-electron chi connectivity index (χ0n) is 2.29. The smallest absolute Gasteiger partial charge is 0.284 e. The van der Waals surface area contributed by atoms with E-state index in [0.29, 0.717) is 0 Å². The van der Waals surface area contributed by atoms with Gasteiger partial charge in [0.1, 0.15) is 0 Å². The van der Waals surface area contributed by atoms with Crippen LogP contribution in [0.3, 0.4) is 0 Å². The SMILES string of the molecule is O=S(O)O.[Y]. The summed E-state index contributed by atoms with van der Waals surface area (Å²) >= 11 is -2.61. The molecule has 0 aromatic heterocycles. The van der Waals surface area contributed by atoms with Crippen molar-refractivity contribution in [1.29, 1.82) is 0 Å². The second kappa shape index (κ2) is 5.17. The van der Waals surface area contributed by atoms with Crippen molar-refractivity contribution in [1.82, 2.24) is 0 Å². The molecule has 0 spiro atoms. The molecule has 0 saturated heterocycles. The van der Waals surface area contributed by atoms with Crippen LogP contribution >= 0.6 is 0 Å². The number of hydrogen-bond donors (Lipinski definition) is 2. The van der Waals surface area contributed by atoms with Crippen molar-refractivity contribution in [3.05, 3.63) is 0 Å². The van der Waals surface area contributed by atoms with Crippen LogP contribution in [0.25, 0.3) is 0 Å². The van der Waals surface area contributed by atoms with Gasteiger partial charge in [-0.1, -0.05) is 0 Å². The minimum absolute atomic E-state index is 0. The molecule has 0 amide bonds. The normalized spacial score (nSPS) is 7.00. The molecule has 0 bridgehead atoms. The summed E-state index contributed by atoms with van der Waals surface area (Å²) in [5.74, 6) is 0. The van der Waals surface area contributed by atoms with Crippen molar-refractivity contribution in [2.75, 3.05) is 0 Å². The zero-order chi connectivity index (χ0) is 3.58. The van der Waals surface area contributed by atoms with Crippen LogP contribution in [0.15, 0.2) is 0 Å². The summed E-state index contributed by atoms with van der Waals surface area (Å²) < 4.78 is 22.8. The van der Waals surface area contributed by atoms with Gasteiger partial charge in [0.05, 0.1) is 0 Å². The van der Waals surface area contributed by atoms with Gasteiger partial charge in [-0.25, -0.2) is 0 Å². The third-order valence-corrected chi connectivity index (χ3v) is 0. The first kappa shape index (κ1) is 9.49. The van der Waals surface area contributed by atoms with Gasteiger partial charge in [0.2, 0.25) is 0 Å². The molecule has 0 saturated carbocycles. The molecule has 1 radical (unpaired) electrons. The van der Waals surface area contributed by atoms with E-state index in [2.05, 4.69) is 0 Å². The average Bonchev–Trinajstić information content (AvgIpc) is 0.811. The van der Waals surface area contributed by atoms with Gasteiger partial charge in [-0.2, -0.15) is 4.21 Å². The molecule has 0 fully saturated rings. The monoisotopic (exact) mass is 171 g/mol. The van der Waals surface area contributed by atoms with Gasteiger partial charge in [-0.3, -0.25) is 9.11 Å². The topological polar surface area (TPSA) is 57.5 Å². The third kappa shape index (κ3) is 37.8. The van der Waals surface area contributed by atoms with Crippen LogP contribution in [-0.4, -0.2) is 13.3 Å². The van der Waals surface area contributed by atoms with Gasteiger partial charge in [0.25, 0.3) is 11.4 Å². The maximum atomic E-state index is 8.67. The predicted molar refractivity (Wildman–Crippen MR) is 13.4 cm³/mol. The summed E-state index contributed by atoms with van der Waals surface area (Å²) in [6.07, 6.45) is 0. The van der Waals surface area contributed by atoms with E-state index in [9.17, 15) is 0 Å². The van der Waals surface area contributed by atoms with Crippen molar-refractivity contribution in [3.63, 3.8) is 0 Å². The van der Waals surface area contributed by atoms with Crippen LogP contribution in [0, 0.1) is 0 Å². The summed E-state index contributed by atoms with van der Waals surface area (Å²) in [6, 6.07) is 0. The Morgan fingerprint density at radius 2 is 1.40 bits per heavy atom. The Morgan fingerprint density at radius 3 is 1.40 bits per heavy atom. The Hall–Kier alpha value is 1.17. The summed E-state index contributed by atoms with van der Waals surface area (Å²) in [6.45, 7) is 0. The third-order valence-electron chi connectivity index (χ3n) is 0. The predicted octanol–water partition coefficient (Wildman–Crippen LogP) is -0.321. The van der Waals surface area contributed by atoms with E-state index in [-0.39, 0.29) is 32.7 Å². The Balaban J connectivity index is 0. The standard InChI is InChI=1S/H2O3S.Y/c1-4(2)3;/h(H2,1,2,3);. The molecular formula is H2O3SY. The minimum atomic E-state index is -2.61. The molecular weight excluding hydrogens is 169 g/mol. The average molecular weight is 171 g/mol. The first-order valence-corrected chi connectivity index (χ1v) is 1.60. The number of hydrogen-bond acceptors (Lipinski definition) is 1. The van der Waals surface area contributed by atoms with Crippen molar-refractivity contribution >= 4 is 11.4 Å². The Morgan fingerprint density at radius 1 is 1.40 bits per heavy atom. The van der Waals surface area contributed by atoms with E-state index in [4.69, 9.17) is 13.3 Å². The molecule has 0 aromatic rings. The molecule has 0 aliphatic carbocycles. The molecule has 0 atom stereocenters. The minimum Gasteiger partial charge on any atom is -0.284 e. The van der Waals surface area contributed by atoms with Gasteiger partial charge in [0.15, 0.2) is 0 Å². The Kier molecular flexibility index (Phi) is 9.82. The molecule has 0 aromatic carbocycles. The van der Waals surface area contributed by atoms with Crippen LogP contribution in [0.2, 0.25) is 0 Å². The largest absolute Gasteiger partial charge is 0.299 e. The second-order valence-electron chi connectivity index (χ2n) is 0.231. The van der Waals surface area contributed by atoms with Gasteiger partial charge in [-0.05, 0) is 0 Å². The maximum absolute atomic E-state index is 8.67. The van der Waals surface area contributed by atoms with Gasteiger partial charge in [-0.15, -0.1) is 0 Å². The fraction of sp³-hybridized carbons (Fsp3) is 0. The van der Waals surface area contributed by atoms with Gasteiger partial charge >= 0.3 is 0 Å². The molecule has 0 unspecified atom stereocenters. The molecule has 2 N–H and O–H groups in total. The Labute approximate surface area is 57.1 Å². The Bertz CT molecular complexity index is 29.9. The fourth-order valence-corrected chi connectivity index (χ4v) is 0. The van der Waals surface area contributed by atoms with Crippen LogP contribution in [0.4, 0.5) is 0 Å².